The van der Waals surface area contributed by atoms with Crippen LogP contribution in [0.15, 0.2) is 47.2 Å². The Morgan fingerprint density at radius 2 is 1.90 bits per heavy atom. The van der Waals surface area contributed by atoms with E-state index in [0.29, 0.717) is 16.6 Å². The van der Waals surface area contributed by atoms with Gasteiger partial charge in [-0.05, 0) is 42.3 Å². The number of hydrogen-bond donors (Lipinski definition) is 1. The molecule has 20 heavy (non-hydrogen) atoms. The third-order valence-electron chi connectivity index (χ3n) is 3.13. The SMILES string of the molecule is Cc1ccc(Cl)cc1-c1onc(N)c1-c1ccncc1. The molecule has 1 aromatic carbocycles. The number of rotatable bonds is 2. The molecule has 0 amide bonds. The molecule has 0 spiro atoms. The Morgan fingerprint density at radius 1 is 1.15 bits per heavy atom. The lowest BCUT2D eigenvalue weighted by Gasteiger charge is -2.06. The van der Waals surface area contributed by atoms with Crippen LogP contribution in [-0.2, 0) is 0 Å². The first kappa shape index (κ1) is 12.7. The molecule has 0 saturated carbocycles. The Balaban J connectivity index is 2.24. The van der Waals surface area contributed by atoms with Crippen LogP contribution in [-0.4, -0.2) is 10.1 Å². The normalized spacial score (nSPS) is 10.7. The zero-order valence-corrected chi connectivity index (χ0v) is 11.6. The highest BCUT2D eigenvalue weighted by Crippen LogP contribution is 2.38. The molecule has 2 N–H and O–H groups in total. The van der Waals surface area contributed by atoms with Gasteiger partial charge in [-0.2, -0.15) is 0 Å². The van der Waals surface area contributed by atoms with Gasteiger partial charge in [-0.3, -0.25) is 4.98 Å². The minimum Gasteiger partial charge on any atom is -0.380 e. The number of benzene rings is 1. The third kappa shape index (κ3) is 2.14. The van der Waals surface area contributed by atoms with Crippen molar-refractivity contribution < 1.29 is 4.52 Å². The lowest BCUT2D eigenvalue weighted by Crippen LogP contribution is -1.90. The van der Waals surface area contributed by atoms with Crippen LogP contribution in [0.4, 0.5) is 5.82 Å². The van der Waals surface area contributed by atoms with Crippen LogP contribution in [0, 0.1) is 6.92 Å². The van der Waals surface area contributed by atoms with Gasteiger partial charge in [0, 0.05) is 23.0 Å². The van der Waals surface area contributed by atoms with Crippen molar-refractivity contribution in [2.45, 2.75) is 6.92 Å². The van der Waals surface area contributed by atoms with Crippen molar-refractivity contribution in [1.82, 2.24) is 10.1 Å². The molecule has 2 aromatic heterocycles. The largest absolute Gasteiger partial charge is 0.380 e. The van der Waals surface area contributed by atoms with Gasteiger partial charge in [0.05, 0.1) is 5.56 Å². The first-order chi connectivity index (χ1) is 9.66. The molecule has 5 heteroatoms. The van der Waals surface area contributed by atoms with E-state index in [4.69, 9.17) is 21.9 Å². The second-order valence-corrected chi connectivity index (χ2v) is 4.90. The van der Waals surface area contributed by atoms with Crippen molar-refractivity contribution in [3.05, 3.63) is 53.3 Å². The van der Waals surface area contributed by atoms with Crippen molar-refractivity contribution in [3.63, 3.8) is 0 Å². The van der Waals surface area contributed by atoms with Gasteiger partial charge in [0.1, 0.15) is 0 Å². The highest BCUT2D eigenvalue weighted by atomic mass is 35.5. The molecule has 2 heterocycles. The Labute approximate surface area is 121 Å². The summed E-state index contributed by atoms with van der Waals surface area (Å²) in [5.41, 5.74) is 9.54. The Kier molecular flexibility index (Phi) is 3.16. The van der Waals surface area contributed by atoms with Gasteiger partial charge in [-0.25, -0.2) is 0 Å². The Bertz CT molecular complexity index is 753. The van der Waals surface area contributed by atoms with E-state index in [1.165, 1.54) is 0 Å². The van der Waals surface area contributed by atoms with Gasteiger partial charge < -0.3 is 10.3 Å². The second kappa shape index (κ2) is 4.98. The van der Waals surface area contributed by atoms with Crippen molar-refractivity contribution in [2.75, 3.05) is 5.73 Å². The molecule has 3 rings (SSSR count). The zero-order chi connectivity index (χ0) is 14.1. The van der Waals surface area contributed by atoms with Crippen molar-refractivity contribution in [3.8, 4) is 22.5 Å². The van der Waals surface area contributed by atoms with E-state index in [-0.39, 0.29) is 0 Å². The fourth-order valence-electron chi connectivity index (χ4n) is 2.12. The zero-order valence-electron chi connectivity index (χ0n) is 10.8. The smallest absolute Gasteiger partial charge is 0.177 e. The molecule has 0 unspecified atom stereocenters. The summed E-state index contributed by atoms with van der Waals surface area (Å²) in [6.07, 6.45) is 3.41. The molecular weight excluding hydrogens is 274 g/mol. The van der Waals surface area contributed by atoms with Gasteiger partial charge in [0.2, 0.25) is 0 Å². The second-order valence-electron chi connectivity index (χ2n) is 4.47. The Hall–Kier alpha value is -2.33. The number of aryl methyl sites for hydroxylation is 1. The van der Waals surface area contributed by atoms with Crippen LogP contribution in [0.5, 0.6) is 0 Å². The number of nitrogen functional groups attached to an aromatic ring is 1. The summed E-state index contributed by atoms with van der Waals surface area (Å²) in [5, 5.41) is 4.52. The first-order valence-corrected chi connectivity index (χ1v) is 6.46. The van der Waals surface area contributed by atoms with Gasteiger partial charge in [0.25, 0.3) is 0 Å². The van der Waals surface area contributed by atoms with E-state index in [0.717, 1.165) is 22.3 Å². The summed E-state index contributed by atoms with van der Waals surface area (Å²) in [7, 11) is 0. The number of hydrogen-bond acceptors (Lipinski definition) is 4. The maximum absolute atomic E-state index is 6.07. The van der Waals surface area contributed by atoms with Crippen LogP contribution >= 0.6 is 11.6 Å². The molecule has 0 fully saturated rings. The summed E-state index contributed by atoms with van der Waals surface area (Å²) >= 11 is 6.07. The van der Waals surface area contributed by atoms with Crippen molar-refractivity contribution in [1.29, 1.82) is 0 Å². The highest BCUT2D eigenvalue weighted by molar-refractivity contribution is 6.30. The van der Waals surface area contributed by atoms with Crippen molar-refractivity contribution >= 4 is 17.4 Å². The fourth-order valence-corrected chi connectivity index (χ4v) is 2.29. The number of anilines is 1. The molecule has 0 radical (unpaired) electrons. The number of nitrogens with two attached hydrogens (primary N) is 1. The molecule has 3 aromatic rings. The number of pyridine rings is 1. The monoisotopic (exact) mass is 285 g/mol. The Morgan fingerprint density at radius 3 is 2.65 bits per heavy atom. The minimum atomic E-state index is 0.352. The fraction of sp³-hybridized carbons (Fsp3) is 0.0667. The number of nitrogens with zero attached hydrogens (tertiary/aromatic N) is 2. The van der Waals surface area contributed by atoms with Gasteiger partial charge in [-0.15, -0.1) is 0 Å². The average molecular weight is 286 g/mol. The average Bonchev–Trinajstić information content (AvgIpc) is 2.84. The number of aromatic nitrogens is 2. The summed E-state index contributed by atoms with van der Waals surface area (Å²) in [5.74, 6) is 0.972. The minimum absolute atomic E-state index is 0.352. The predicted molar refractivity (Wildman–Crippen MR) is 79.3 cm³/mol. The highest BCUT2D eigenvalue weighted by Gasteiger charge is 2.19. The number of halogens is 1. The molecule has 0 aliphatic rings. The van der Waals surface area contributed by atoms with Gasteiger partial charge in [-0.1, -0.05) is 22.8 Å². The van der Waals surface area contributed by atoms with E-state index in [1.54, 1.807) is 12.4 Å². The topological polar surface area (TPSA) is 64.9 Å². The summed E-state index contributed by atoms with van der Waals surface area (Å²) in [6.45, 7) is 1.99. The lowest BCUT2D eigenvalue weighted by atomic mass is 9.99. The lowest BCUT2D eigenvalue weighted by molar-refractivity contribution is 0.436. The van der Waals surface area contributed by atoms with E-state index >= 15 is 0 Å². The quantitative estimate of drug-likeness (QED) is 0.774. The van der Waals surface area contributed by atoms with Crippen LogP contribution in [0.1, 0.15) is 5.56 Å². The molecular formula is C15H12ClN3O. The standard InChI is InChI=1S/C15H12ClN3O/c1-9-2-3-11(16)8-12(9)14-13(15(17)19-20-14)10-4-6-18-7-5-10/h2-8H,1H3,(H2,17,19). The summed E-state index contributed by atoms with van der Waals surface area (Å²) < 4.78 is 5.42. The molecule has 0 bridgehead atoms. The van der Waals surface area contributed by atoms with Crippen LogP contribution < -0.4 is 5.73 Å². The van der Waals surface area contributed by atoms with E-state index in [2.05, 4.69) is 10.1 Å². The molecule has 100 valence electrons. The third-order valence-corrected chi connectivity index (χ3v) is 3.37. The van der Waals surface area contributed by atoms with Crippen LogP contribution in [0.25, 0.3) is 22.5 Å². The summed E-state index contributed by atoms with van der Waals surface area (Å²) in [6, 6.07) is 9.36. The molecule has 4 nitrogen and oxygen atoms in total. The molecule has 0 aliphatic carbocycles. The van der Waals surface area contributed by atoms with E-state index in [1.807, 2.05) is 37.3 Å². The maximum atomic E-state index is 6.07. The van der Waals surface area contributed by atoms with E-state index in [9.17, 15) is 0 Å². The van der Waals surface area contributed by atoms with Gasteiger partial charge in [0.15, 0.2) is 11.6 Å². The predicted octanol–water partition coefficient (Wildman–Crippen LogP) is 3.95. The molecule has 0 saturated heterocycles. The summed E-state index contributed by atoms with van der Waals surface area (Å²) in [4.78, 5) is 4.01. The van der Waals surface area contributed by atoms with Crippen molar-refractivity contribution in [2.24, 2.45) is 0 Å². The first-order valence-electron chi connectivity index (χ1n) is 6.09. The van der Waals surface area contributed by atoms with Crippen LogP contribution in [0.3, 0.4) is 0 Å². The molecule has 0 atom stereocenters. The maximum Gasteiger partial charge on any atom is 0.177 e. The van der Waals surface area contributed by atoms with Crippen LogP contribution in [0.2, 0.25) is 5.02 Å². The molecule has 0 aliphatic heterocycles. The van der Waals surface area contributed by atoms with Gasteiger partial charge >= 0.3 is 0 Å². The van der Waals surface area contributed by atoms with E-state index < -0.39 is 0 Å².